The van der Waals surface area contributed by atoms with Crippen LogP contribution in [0.1, 0.15) is 113 Å². The third kappa shape index (κ3) is 17.8. The summed E-state index contributed by atoms with van der Waals surface area (Å²) in [7, 11) is 0. The number of carboxylic acids is 2. The SMILES string of the molecule is CC#CCOc1ccc(C[C@H](NC(=O)[C@@H](C=CCCCCCCC(=O)CCCCCCC)[C@@](O)(CC(=O)O)C(=O)O)C(=O)OCOC(=O)c2ccccc2)cc1. The van der Waals surface area contributed by atoms with Gasteiger partial charge in [0.1, 0.15) is 24.2 Å². The second-order valence-electron chi connectivity index (χ2n) is 13.4. The smallest absolute Gasteiger partial charge is 0.340 e. The van der Waals surface area contributed by atoms with E-state index in [0.29, 0.717) is 37.0 Å². The number of benzene rings is 2. The van der Waals surface area contributed by atoms with Crippen molar-refractivity contribution in [1.82, 2.24) is 5.32 Å². The highest BCUT2D eigenvalue weighted by atomic mass is 16.7. The topological polar surface area (TPSA) is 203 Å². The summed E-state index contributed by atoms with van der Waals surface area (Å²) in [5.74, 6) is -2.30. The molecule has 304 valence electrons. The fourth-order valence-corrected chi connectivity index (χ4v) is 5.74. The minimum atomic E-state index is -3.08. The lowest BCUT2D eigenvalue weighted by molar-refractivity contribution is -0.172. The van der Waals surface area contributed by atoms with Gasteiger partial charge in [-0.3, -0.25) is 14.4 Å². The van der Waals surface area contributed by atoms with Gasteiger partial charge in [-0.05, 0) is 62.4 Å². The molecule has 2 rings (SSSR count). The van der Waals surface area contributed by atoms with Crippen molar-refractivity contribution in [3.05, 3.63) is 77.9 Å². The van der Waals surface area contributed by atoms with Crippen molar-refractivity contribution < 1.29 is 58.3 Å². The number of Topliss-reactive ketones (excluding diaryl/α,β-unsaturated/α-hetero) is 1. The molecule has 3 atom stereocenters. The van der Waals surface area contributed by atoms with Crippen molar-refractivity contribution in [2.75, 3.05) is 13.4 Å². The maximum atomic E-state index is 13.8. The predicted octanol–water partition coefficient (Wildman–Crippen LogP) is 6.21. The molecule has 0 aliphatic carbocycles. The maximum absolute atomic E-state index is 13.8. The number of ketones is 1. The van der Waals surface area contributed by atoms with Gasteiger partial charge in [0.25, 0.3) is 0 Å². The minimum absolute atomic E-state index is 0.153. The van der Waals surface area contributed by atoms with Gasteiger partial charge in [0, 0.05) is 19.3 Å². The Kier molecular flexibility index (Phi) is 22.0. The molecule has 0 unspecified atom stereocenters. The normalized spacial score (nSPS) is 13.0. The fraction of sp³-hybridized carbons (Fsp3) is 0.488. The molecule has 2 aromatic rings. The lowest BCUT2D eigenvalue weighted by atomic mass is 9.82. The highest BCUT2D eigenvalue weighted by Crippen LogP contribution is 2.26. The molecule has 0 aliphatic heterocycles. The lowest BCUT2D eigenvalue weighted by Gasteiger charge is -2.29. The van der Waals surface area contributed by atoms with Crippen molar-refractivity contribution in [1.29, 1.82) is 0 Å². The molecule has 13 heteroatoms. The zero-order valence-corrected chi connectivity index (χ0v) is 32.3. The number of carbonyl (C=O) groups is 6. The zero-order valence-electron chi connectivity index (χ0n) is 32.3. The summed E-state index contributed by atoms with van der Waals surface area (Å²) in [6.07, 6.45) is 10.9. The number of carboxylic acid groups (broad SMARTS) is 2. The van der Waals surface area contributed by atoms with Crippen LogP contribution in [0.15, 0.2) is 66.7 Å². The first-order valence-electron chi connectivity index (χ1n) is 19.1. The van der Waals surface area contributed by atoms with E-state index in [9.17, 15) is 44.1 Å². The number of ether oxygens (including phenoxy) is 3. The molecule has 0 spiro atoms. The van der Waals surface area contributed by atoms with E-state index < -0.39 is 60.6 Å². The molecule has 0 heterocycles. The van der Waals surface area contributed by atoms with Crippen molar-refractivity contribution in [2.24, 2.45) is 5.92 Å². The molecule has 13 nitrogen and oxygen atoms in total. The Morgan fingerprint density at radius 1 is 0.839 bits per heavy atom. The molecule has 0 aliphatic rings. The van der Waals surface area contributed by atoms with Crippen LogP contribution in [0.5, 0.6) is 5.75 Å². The van der Waals surface area contributed by atoms with Gasteiger partial charge in [-0.2, -0.15) is 0 Å². The Bertz CT molecular complexity index is 1640. The van der Waals surface area contributed by atoms with Gasteiger partial charge in [-0.1, -0.05) is 93.9 Å². The number of hydrogen-bond donors (Lipinski definition) is 4. The summed E-state index contributed by atoms with van der Waals surface area (Å²) in [4.78, 5) is 75.7. The number of allylic oxidation sites excluding steroid dienone is 1. The summed E-state index contributed by atoms with van der Waals surface area (Å²) >= 11 is 0. The number of aliphatic carboxylic acids is 2. The van der Waals surface area contributed by atoms with Crippen LogP contribution in [0.3, 0.4) is 0 Å². The molecule has 0 radical (unpaired) electrons. The van der Waals surface area contributed by atoms with Gasteiger partial charge < -0.3 is 34.8 Å². The monoisotopic (exact) mass is 777 g/mol. The number of unbranched alkanes of at least 4 members (excludes halogenated alkanes) is 8. The molecule has 2 aromatic carbocycles. The standard InChI is InChI=1S/C43H55NO12/c1-3-5-7-10-16-21-34(45)22-17-11-8-9-12-18-23-36(43(53,42(51)52)30-38(46)47)39(48)44-37(29-32-24-26-35(27-25-32)54-28-6-4-2)41(50)56-31-55-40(49)33-19-14-13-15-20-33/h13-15,18-20,23-27,36-37,53H,3,5,7-12,16-17,21-22,28-31H2,1-2H3,(H,44,48)(H,46,47)(H,51,52)/t36-,37+,43+/m1/s1. The van der Waals surface area contributed by atoms with Gasteiger partial charge in [-0.15, -0.1) is 5.92 Å². The molecule has 1 amide bonds. The Balaban J connectivity index is 2.17. The highest BCUT2D eigenvalue weighted by molar-refractivity contribution is 5.95. The zero-order chi connectivity index (χ0) is 41.2. The lowest BCUT2D eigenvalue weighted by Crippen LogP contribution is -2.55. The van der Waals surface area contributed by atoms with Gasteiger partial charge in [0.15, 0.2) is 5.60 Å². The first kappa shape index (κ1) is 46.7. The third-order valence-electron chi connectivity index (χ3n) is 8.90. The molecule has 0 aromatic heterocycles. The van der Waals surface area contributed by atoms with E-state index in [1.807, 2.05) is 0 Å². The molecular formula is C43H55NO12. The number of amides is 1. The van der Waals surface area contributed by atoms with Gasteiger partial charge >= 0.3 is 23.9 Å². The summed E-state index contributed by atoms with van der Waals surface area (Å²) in [6, 6.07) is 12.9. The van der Waals surface area contributed by atoms with Crippen molar-refractivity contribution in [3.8, 4) is 17.6 Å². The molecule has 0 fully saturated rings. The summed E-state index contributed by atoms with van der Waals surface area (Å²) < 4.78 is 15.8. The van der Waals surface area contributed by atoms with Crippen LogP contribution >= 0.6 is 0 Å². The number of carbonyl (C=O) groups excluding carboxylic acids is 4. The van der Waals surface area contributed by atoms with E-state index in [-0.39, 0.29) is 24.4 Å². The third-order valence-corrected chi connectivity index (χ3v) is 8.90. The van der Waals surface area contributed by atoms with E-state index >= 15 is 0 Å². The Labute approximate surface area is 328 Å². The van der Waals surface area contributed by atoms with Crippen LogP contribution in [0.2, 0.25) is 0 Å². The van der Waals surface area contributed by atoms with Crippen LogP contribution in [0, 0.1) is 17.8 Å². The summed E-state index contributed by atoms with van der Waals surface area (Å²) in [5.41, 5.74) is -2.36. The van der Waals surface area contributed by atoms with Gasteiger partial charge in [0.05, 0.1) is 17.9 Å². The second kappa shape index (κ2) is 26.3. The summed E-state index contributed by atoms with van der Waals surface area (Å²) in [6.45, 7) is 3.16. The molecular weight excluding hydrogens is 722 g/mol. The Morgan fingerprint density at radius 2 is 1.48 bits per heavy atom. The van der Waals surface area contributed by atoms with E-state index in [4.69, 9.17) is 14.2 Å². The Morgan fingerprint density at radius 3 is 2.09 bits per heavy atom. The fourth-order valence-electron chi connectivity index (χ4n) is 5.74. The average Bonchev–Trinajstić information content (AvgIpc) is 3.17. The van der Waals surface area contributed by atoms with Crippen LogP contribution in [0.4, 0.5) is 0 Å². The molecule has 0 saturated carbocycles. The largest absolute Gasteiger partial charge is 0.481 e. The number of rotatable bonds is 28. The van der Waals surface area contributed by atoms with Crippen molar-refractivity contribution in [2.45, 2.75) is 115 Å². The predicted molar refractivity (Wildman–Crippen MR) is 207 cm³/mol. The first-order chi connectivity index (χ1) is 26.9. The second-order valence-corrected chi connectivity index (χ2v) is 13.4. The number of nitrogens with one attached hydrogen (secondary N) is 1. The van der Waals surface area contributed by atoms with E-state index in [1.165, 1.54) is 24.6 Å². The van der Waals surface area contributed by atoms with Gasteiger partial charge in [0.2, 0.25) is 12.7 Å². The highest BCUT2D eigenvalue weighted by Gasteiger charge is 2.49. The van der Waals surface area contributed by atoms with Crippen LogP contribution in [-0.4, -0.2) is 75.9 Å². The van der Waals surface area contributed by atoms with E-state index in [2.05, 4.69) is 24.1 Å². The quantitative estimate of drug-likeness (QED) is 0.0251. The first-order valence-corrected chi connectivity index (χ1v) is 19.1. The molecule has 0 bridgehead atoms. The average molecular weight is 778 g/mol. The molecule has 0 saturated heterocycles. The molecule has 56 heavy (non-hydrogen) atoms. The van der Waals surface area contributed by atoms with Crippen LogP contribution in [0.25, 0.3) is 0 Å². The molecule has 4 N–H and O–H groups in total. The van der Waals surface area contributed by atoms with Crippen molar-refractivity contribution >= 4 is 35.6 Å². The maximum Gasteiger partial charge on any atom is 0.340 e. The van der Waals surface area contributed by atoms with Crippen LogP contribution in [-0.2, 0) is 39.9 Å². The minimum Gasteiger partial charge on any atom is -0.481 e. The van der Waals surface area contributed by atoms with E-state index in [1.54, 1.807) is 49.4 Å². The number of esters is 2. The van der Waals surface area contributed by atoms with E-state index in [0.717, 1.165) is 51.0 Å². The number of hydrogen-bond acceptors (Lipinski definition) is 10. The summed E-state index contributed by atoms with van der Waals surface area (Å²) in [5, 5.41) is 33.0. The van der Waals surface area contributed by atoms with Crippen molar-refractivity contribution in [3.63, 3.8) is 0 Å². The number of aliphatic hydroxyl groups is 1. The Hall–Kier alpha value is -5.48. The van der Waals surface area contributed by atoms with Crippen LogP contribution < -0.4 is 10.1 Å². The van der Waals surface area contributed by atoms with Gasteiger partial charge in [-0.25, -0.2) is 14.4 Å².